The van der Waals surface area contributed by atoms with E-state index in [0.717, 1.165) is 4.47 Å². The molecule has 1 unspecified atom stereocenters. The fourth-order valence-electron chi connectivity index (χ4n) is 2.74. The maximum absolute atomic E-state index is 12.5. The highest BCUT2D eigenvalue weighted by Gasteiger charge is 2.35. The molecule has 0 spiro atoms. The molecular formula is C20H19BrN2O7. The number of hydrogen-bond donors (Lipinski definition) is 2. The first kappa shape index (κ1) is 21.4. The second kappa shape index (κ2) is 9.97. The zero-order valence-corrected chi connectivity index (χ0v) is 17.6. The molecule has 0 saturated carbocycles. The molecule has 0 fully saturated rings. The first-order chi connectivity index (χ1) is 14.5. The summed E-state index contributed by atoms with van der Waals surface area (Å²) in [7, 11) is 0. The summed E-state index contributed by atoms with van der Waals surface area (Å²) >= 11 is 3.31. The van der Waals surface area contributed by atoms with E-state index in [0.29, 0.717) is 11.5 Å². The molecule has 0 radical (unpaired) electrons. The van der Waals surface area contributed by atoms with Crippen LogP contribution in [0.3, 0.4) is 0 Å². The van der Waals surface area contributed by atoms with E-state index in [1.807, 2.05) is 6.07 Å². The molecule has 158 valence electrons. The Kier molecular flexibility index (Phi) is 7.12. The highest BCUT2D eigenvalue weighted by molar-refractivity contribution is 9.10. The zero-order chi connectivity index (χ0) is 21.5. The number of carbonyl (C=O) groups excluding carboxylic acids is 3. The lowest BCUT2D eigenvalue weighted by molar-refractivity contribution is -0.145. The van der Waals surface area contributed by atoms with Gasteiger partial charge in [0.25, 0.3) is 0 Å². The Labute approximate surface area is 180 Å². The Morgan fingerprint density at radius 1 is 1.20 bits per heavy atom. The third-order valence-electron chi connectivity index (χ3n) is 4.01. The molecule has 1 aromatic carbocycles. The van der Waals surface area contributed by atoms with Crippen LogP contribution in [0.2, 0.25) is 0 Å². The van der Waals surface area contributed by atoms with Crippen molar-refractivity contribution in [1.29, 1.82) is 0 Å². The third kappa shape index (κ3) is 5.41. The van der Waals surface area contributed by atoms with Crippen LogP contribution in [-0.4, -0.2) is 37.8 Å². The molecule has 1 aliphatic rings. The molecule has 2 N–H and O–H groups in total. The quantitative estimate of drug-likeness (QED) is 0.560. The van der Waals surface area contributed by atoms with Crippen LogP contribution in [0.5, 0.6) is 5.75 Å². The predicted octanol–water partition coefficient (Wildman–Crippen LogP) is 2.84. The first-order valence-electron chi connectivity index (χ1n) is 9.03. The van der Waals surface area contributed by atoms with Gasteiger partial charge in [-0.05, 0) is 37.3 Å². The van der Waals surface area contributed by atoms with Gasteiger partial charge in [-0.3, -0.25) is 0 Å². The van der Waals surface area contributed by atoms with E-state index in [9.17, 15) is 14.4 Å². The number of carbonyl (C=O) groups is 3. The van der Waals surface area contributed by atoms with Gasteiger partial charge in [0.2, 0.25) is 0 Å². The Morgan fingerprint density at radius 3 is 2.73 bits per heavy atom. The molecule has 1 aliphatic heterocycles. The van der Waals surface area contributed by atoms with Crippen molar-refractivity contribution in [3.8, 4) is 5.75 Å². The molecule has 1 atom stereocenters. The number of hydrogen-bond acceptors (Lipinski definition) is 7. The molecule has 2 heterocycles. The zero-order valence-electron chi connectivity index (χ0n) is 16.0. The molecule has 3 rings (SSSR count). The Morgan fingerprint density at radius 2 is 2.03 bits per heavy atom. The van der Waals surface area contributed by atoms with Crippen LogP contribution < -0.4 is 15.4 Å². The minimum absolute atomic E-state index is 0.0899. The molecule has 30 heavy (non-hydrogen) atoms. The smallest absolute Gasteiger partial charge is 0.344 e. The summed E-state index contributed by atoms with van der Waals surface area (Å²) in [6, 6.07) is 8.79. The second-order valence-electron chi connectivity index (χ2n) is 6.07. The van der Waals surface area contributed by atoms with Gasteiger partial charge in [0.15, 0.2) is 6.61 Å². The lowest BCUT2D eigenvalue weighted by Gasteiger charge is -2.27. The van der Waals surface area contributed by atoms with Gasteiger partial charge < -0.3 is 29.3 Å². The number of urea groups is 1. The summed E-state index contributed by atoms with van der Waals surface area (Å²) in [4.78, 5) is 36.7. The van der Waals surface area contributed by atoms with Crippen LogP contribution in [-0.2, 0) is 19.1 Å². The normalized spacial score (nSPS) is 15.8. The second-order valence-corrected chi connectivity index (χ2v) is 6.98. The first-order valence-corrected chi connectivity index (χ1v) is 9.82. The number of furan rings is 1. The number of amides is 2. The molecule has 0 aliphatic carbocycles. The van der Waals surface area contributed by atoms with E-state index < -0.39 is 24.0 Å². The summed E-state index contributed by atoms with van der Waals surface area (Å²) in [5, 5.41) is 5.10. The van der Waals surface area contributed by atoms with Gasteiger partial charge in [-0.2, -0.15) is 0 Å². The van der Waals surface area contributed by atoms with E-state index in [1.54, 1.807) is 37.3 Å². The van der Waals surface area contributed by atoms with Crippen LogP contribution in [0.25, 0.3) is 0 Å². The number of halogens is 1. The number of rotatable bonds is 8. The van der Waals surface area contributed by atoms with E-state index in [-0.39, 0.29) is 31.1 Å². The van der Waals surface area contributed by atoms with E-state index in [4.69, 9.17) is 18.6 Å². The molecule has 2 amide bonds. The van der Waals surface area contributed by atoms with Crippen LogP contribution in [0.15, 0.2) is 62.8 Å². The van der Waals surface area contributed by atoms with Gasteiger partial charge in [-0.1, -0.05) is 22.0 Å². The molecule has 0 bridgehead atoms. The Hall–Kier alpha value is -3.27. The lowest BCUT2D eigenvalue weighted by Crippen LogP contribution is -2.47. The number of benzene rings is 1. The van der Waals surface area contributed by atoms with Crippen molar-refractivity contribution in [1.82, 2.24) is 10.6 Å². The van der Waals surface area contributed by atoms with Gasteiger partial charge in [0, 0.05) is 4.47 Å². The minimum Gasteiger partial charge on any atom is -0.482 e. The molecular weight excluding hydrogens is 460 g/mol. The average Bonchev–Trinajstić information content (AvgIpc) is 3.25. The SMILES string of the molecule is CCOC(=O)C1=C(COC(=O)COc2cccc(Br)c2)NC(=O)NC1c1ccco1. The van der Waals surface area contributed by atoms with Gasteiger partial charge in [0.05, 0.1) is 24.1 Å². The number of ether oxygens (including phenoxy) is 3. The molecule has 10 heteroatoms. The summed E-state index contributed by atoms with van der Waals surface area (Å²) in [5.74, 6) is -0.508. The third-order valence-corrected chi connectivity index (χ3v) is 4.50. The molecule has 0 saturated heterocycles. The predicted molar refractivity (Wildman–Crippen MR) is 107 cm³/mol. The summed E-state index contributed by atoms with van der Waals surface area (Å²) in [6.45, 7) is 1.11. The molecule has 2 aromatic rings. The van der Waals surface area contributed by atoms with Crippen molar-refractivity contribution in [3.05, 3.63) is 64.2 Å². The van der Waals surface area contributed by atoms with Crippen LogP contribution in [0.4, 0.5) is 4.79 Å². The lowest BCUT2D eigenvalue weighted by atomic mass is 10.0. The van der Waals surface area contributed by atoms with Crippen molar-refractivity contribution in [2.75, 3.05) is 19.8 Å². The summed E-state index contributed by atoms with van der Waals surface area (Å²) in [6.07, 6.45) is 1.42. The van der Waals surface area contributed by atoms with E-state index in [1.165, 1.54) is 6.26 Å². The monoisotopic (exact) mass is 478 g/mol. The largest absolute Gasteiger partial charge is 0.482 e. The van der Waals surface area contributed by atoms with Crippen molar-refractivity contribution in [2.24, 2.45) is 0 Å². The minimum atomic E-state index is -0.876. The highest BCUT2D eigenvalue weighted by Crippen LogP contribution is 2.28. The number of nitrogens with one attached hydrogen (secondary N) is 2. The highest BCUT2D eigenvalue weighted by atomic mass is 79.9. The van der Waals surface area contributed by atoms with Gasteiger partial charge >= 0.3 is 18.0 Å². The fourth-order valence-corrected chi connectivity index (χ4v) is 3.12. The van der Waals surface area contributed by atoms with E-state index in [2.05, 4.69) is 26.6 Å². The fraction of sp³-hybridized carbons (Fsp3) is 0.250. The maximum atomic E-state index is 12.5. The van der Waals surface area contributed by atoms with Gasteiger partial charge in [-0.25, -0.2) is 14.4 Å². The average molecular weight is 479 g/mol. The Bertz CT molecular complexity index is 956. The summed E-state index contributed by atoms with van der Waals surface area (Å²) < 4.78 is 21.8. The van der Waals surface area contributed by atoms with E-state index >= 15 is 0 Å². The Balaban J connectivity index is 1.72. The maximum Gasteiger partial charge on any atom is 0.344 e. The van der Waals surface area contributed by atoms with Gasteiger partial charge in [0.1, 0.15) is 24.2 Å². The standard InChI is InChI=1S/C20H19BrN2O7/c1-2-27-19(25)17-14(22-20(26)23-18(17)15-7-4-8-28-15)10-30-16(24)11-29-13-6-3-5-12(21)9-13/h3-9,18H,2,10-11H2,1H3,(H2,22,23,26). The van der Waals surface area contributed by atoms with Crippen molar-refractivity contribution < 1.29 is 33.0 Å². The van der Waals surface area contributed by atoms with Crippen LogP contribution >= 0.6 is 15.9 Å². The van der Waals surface area contributed by atoms with Crippen molar-refractivity contribution in [2.45, 2.75) is 13.0 Å². The molecule has 9 nitrogen and oxygen atoms in total. The van der Waals surface area contributed by atoms with Crippen molar-refractivity contribution >= 4 is 33.9 Å². The summed E-state index contributed by atoms with van der Waals surface area (Å²) in [5.41, 5.74) is 0.196. The van der Waals surface area contributed by atoms with Crippen molar-refractivity contribution in [3.63, 3.8) is 0 Å². The van der Waals surface area contributed by atoms with Crippen LogP contribution in [0, 0.1) is 0 Å². The molecule has 1 aromatic heterocycles. The number of esters is 2. The topological polar surface area (TPSA) is 116 Å². The van der Waals surface area contributed by atoms with Crippen LogP contribution in [0.1, 0.15) is 18.7 Å². The van der Waals surface area contributed by atoms with Gasteiger partial charge in [-0.15, -0.1) is 0 Å².